The Bertz CT molecular complexity index is 972. The maximum Gasteiger partial charge on any atom is 0.238 e. The van der Waals surface area contributed by atoms with E-state index in [4.69, 9.17) is 9.15 Å². The van der Waals surface area contributed by atoms with Crippen LogP contribution in [-0.2, 0) is 0 Å². The molecular formula is C16H12O7. The SMILES string of the molecule is COc1cccc(O)c1-c1oc2cc(O)cc(O)c2c(=O)c1O. The fraction of sp³-hybridized carbons (Fsp3) is 0.0625. The van der Waals surface area contributed by atoms with Gasteiger partial charge in [-0.25, -0.2) is 0 Å². The average Bonchev–Trinajstić information content (AvgIpc) is 2.50. The Kier molecular flexibility index (Phi) is 3.25. The number of hydrogen-bond donors (Lipinski definition) is 4. The van der Waals surface area contributed by atoms with Crippen molar-refractivity contribution in [2.24, 2.45) is 0 Å². The Morgan fingerprint density at radius 2 is 1.78 bits per heavy atom. The summed E-state index contributed by atoms with van der Waals surface area (Å²) in [7, 11) is 1.35. The third kappa shape index (κ3) is 2.18. The van der Waals surface area contributed by atoms with E-state index in [2.05, 4.69) is 0 Å². The van der Waals surface area contributed by atoms with Gasteiger partial charge < -0.3 is 29.6 Å². The lowest BCUT2D eigenvalue weighted by molar-refractivity contribution is 0.403. The van der Waals surface area contributed by atoms with E-state index in [1.165, 1.54) is 25.3 Å². The van der Waals surface area contributed by atoms with Crippen LogP contribution in [0.15, 0.2) is 39.5 Å². The number of aromatic hydroxyl groups is 4. The third-order valence-electron chi connectivity index (χ3n) is 3.39. The van der Waals surface area contributed by atoms with Crippen LogP contribution in [0, 0.1) is 0 Å². The Hall–Kier alpha value is -3.35. The summed E-state index contributed by atoms with van der Waals surface area (Å²) < 4.78 is 10.5. The maximum absolute atomic E-state index is 12.3. The molecule has 0 aliphatic carbocycles. The van der Waals surface area contributed by atoms with Crippen molar-refractivity contribution in [2.75, 3.05) is 7.11 Å². The molecule has 1 heterocycles. The highest BCUT2D eigenvalue weighted by molar-refractivity contribution is 5.89. The van der Waals surface area contributed by atoms with Crippen LogP contribution in [0.5, 0.6) is 28.7 Å². The summed E-state index contributed by atoms with van der Waals surface area (Å²) in [5.41, 5.74) is -1.07. The standard InChI is InChI=1S/C16H12O7/c1-22-10-4-2-3-8(18)13(10)16-15(21)14(20)12-9(19)5-7(17)6-11(12)23-16/h2-6,17-19,21H,1H3. The van der Waals surface area contributed by atoms with Gasteiger partial charge in [-0.15, -0.1) is 0 Å². The molecule has 3 aromatic rings. The highest BCUT2D eigenvalue weighted by Crippen LogP contribution is 2.42. The molecule has 0 amide bonds. The summed E-state index contributed by atoms with van der Waals surface area (Å²) in [6.07, 6.45) is 0. The average molecular weight is 316 g/mol. The van der Waals surface area contributed by atoms with Crippen molar-refractivity contribution in [1.29, 1.82) is 0 Å². The van der Waals surface area contributed by atoms with Gasteiger partial charge >= 0.3 is 0 Å². The number of hydrogen-bond acceptors (Lipinski definition) is 7. The van der Waals surface area contributed by atoms with E-state index in [0.717, 1.165) is 12.1 Å². The molecule has 2 aromatic carbocycles. The molecule has 0 fully saturated rings. The predicted molar refractivity (Wildman–Crippen MR) is 81.1 cm³/mol. The second kappa shape index (κ2) is 5.13. The summed E-state index contributed by atoms with van der Waals surface area (Å²) in [5, 5.41) is 39.2. The fourth-order valence-corrected chi connectivity index (χ4v) is 2.36. The summed E-state index contributed by atoms with van der Waals surface area (Å²) in [6.45, 7) is 0. The summed E-state index contributed by atoms with van der Waals surface area (Å²) in [6, 6.07) is 6.44. The molecular weight excluding hydrogens is 304 g/mol. The van der Waals surface area contributed by atoms with Crippen molar-refractivity contribution < 1.29 is 29.6 Å². The lowest BCUT2D eigenvalue weighted by atomic mass is 10.1. The van der Waals surface area contributed by atoms with Crippen LogP contribution in [0.25, 0.3) is 22.3 Å². The van der Waals surface area contributed by atoms with E-state index in [1.807, 2.05) is 0 Å². The van der Waals surface area contributed by atoms with E-state index in [0.29, 0.717) is 0 Å². The van der Waals surface area contributed by atoms with Gasteiger partial charge in [0, 0.05) is 12.1 Å². The van der Waals surface area contributed by atoms with Crippen LogP contribution in [0.2, 0.25) is 0 Å². The molecule has 0 aliphatic rings. The number of rotatable bonds is 2. The van der Waals surface area contributed by atoms with Crippen molar-refractivity contribution in [1.82, 2.24) is 0 Å². The molecule has 1 aromatic heterocycles. The predicted octanol–water partition coefficient (Wildman–Crippen LogP) is 2.29. The largest absolute Gasteiger partial charge is 0.508 e. The van der Waals surface area contributed by atoms with Gasteiger partial charge in [0.15, 0.2) is 5.76 Å². The second-order valence-corrected chi connectivity index (χ2v) is 4.80. The molecule has 0 spiro atoms. The summed E-state index contributed by atoms with van der Waals surface area (Å²) in [5.74, 6) is -2.07. The molecule has 0 radical (unpaired) electrons. The van der Waals surface area contributed by atoms with E-state index < -0.39 is 16.9 Å². The Balaban J connectivity index is 2.45. The molecule has 0 unspecified atom stereocenters. The van der Waals surface area contributed by atoms with Gasteiger partial charge in [0.1, 0.15) is 39.5 Å². The molecule has 7 heteroatoms. The van der Waals surface area contributed by atoms with Gasteiger partial charge in [-0.05, 0) is 12.1 Å². The van der Waals surface area contributed by atoms with Crippen molar-refractivity contribution >= 4 is 11.0 Å². The zero-order chi connectivity index (χ0) is 16.7. The van der Waals surface area contributed by atoms with Gasteiger partial charge in [-0.3, -0.25) is 4.79 Å². The zero-order valence-electron chi connectivity index (χ0n) is 11.9. The molecule has 0 bridgehead atoms. The van der Waals surface area contributed by atoms with Crippen LogP contribution in [0.1, 0.15) is 0 Å². The molecule has 0 aliphatic heterocycles. The summed E-state index contributed by atoms with van der Waals surface area (Å²) in [4.78, 5) is 12.3. The van der Waals surface area contributed by atoms with E-state index in [1.54, 1.807) is 0 Å². The van der Waals surface area contributed by atoms with Crippen LogP contribution in [-0.4, -0.2) is 27.5 Å². The van der Waals surface area contributed by atoms with Crippen molar-refractivity contribution in [3.05, 3.63) is 40.6 Å². The molecule has 4 N–H and O–H groups in total. The first-order chi connectivity index (χ1) is 10.9. The number of methoxy groups -OCH3 is 1. The number of phenols is 3. The number of ether oxygens (including phenoxy) is 1. The minimum atomic E-state index is -0.899. The van der Waals surface area contributed by atoms with E-state index >= 15 is 0 Å². The minimum Gasteiger partial charge on any atom is -0.508 e. The van der Waals surface area contributed by atoms with Gasteiger partial charge in [-0.1, -0.05) is 6.07 Å². The molecule has 118 valence electrons. The van der Waals surface area contributed by atoms with Crippen LogP contribution < -0.4 is 10.2 Å². The smallest absolute Gasteiger partial charge is 0.238 e. The Labute approximate surface area is 129 Å². The number of fused-ring (bicyclic) bond motifs is 1. The highest BCUT2D eigenvalue weighted by atomic mass is 16.5. The monoisotopic (exact) mass is 316 g/mol. The highest BCUT2D eigenvalue weighted by Gasteiger charge is 2.23. The van der Waals surface area contributed by atoms with Gasteiger partial charge in [0.05, 0.1) is 7.11 Å². The lowest BCUT2D eigenvalue weighted by Gasteiger charge is -2.12. The minimum absolute atomic E-state index is 0.0191. The molecule has 0 atom stereocenters. The number of benzene rings is 2. The van der Waals surface area contributed by atoms with E-state index in [9.17, 15) is 25.2 Å². The third-order valence-corrected chi connectivity index (χ3v) is 3.39. The Morgan fingerprint density at radius 1 is 1.04 bits per heavy atom. The van der Waals surface area contributed by atoms with Crippen molar-refractivity contribution in [3.8, 4) is 40.1 Å². The normalized spacial score (nSPS) is 10.8. The van der Waals surface area contributed by atoms with Crippen LogP contribution >= 0.6 is 0 Å². The maximum atomic E-state index is 12.3. The first kappa shape index (κ1) is 14.6. The molecule has 3 rings (SSSR count). The van der Waals surface area contributed by atoms with Gasteiger partial charge in [-0.2, -0.15) is 0 Å². The fourth-order valence-electron chi connectivity index (χ4n) is 2.36. The van der Waals surface area contributed by atoms with Crippen molar-refractivity contribution in [2.45, 2.75) is 0 Å². The first-order valence-corrected chi connectivity index (χ1v) is 6.52. The van der Waals surface area contributed by atoms with Crippen molar-refractivity contribution in [3.63, 3.8) is 0 Å². The quantitative estimate of drug-likeness (QED) is 0.572. The van der Waals surface area contributed by atoms with Crippen LogP contribution in [0.3, 0.4) is 0 Å². The molecule has 23 heavy (non-hydrogen) atoms. The van der Waals surface area contributed by atoms with Crippen LogP contribution in [0.4, 0.5) is 0 Å². The Morgan fingerprint density at radius 3 is 2.48 bits per heavy atom. The van der Waals surface area contributed by atoms with Gasteiger partial charge in [0.2, 0.25) is 11.2 Å². The van der Waals surface area contributed by atoms with E-state index in [-0.39, 0.29) is 39.5 Å². The zero-order valence-corrected chi connectivity index (χ0v) is 11.9. The topological polar surface area (TPSA) is 120 Å². The molecule has 7 nitrogen and oxygen atoms in total. The van der Waals surface area contributed by atoms with Gasteiger partial charge in [0.25, 0.3) is 0 Å². The second-order valence-electron chi connectivity index (χ2n) is 4.80. The molecule has 0 saturated carbocycles. The first-order valence-electron chi connectivity index (χ1n) is 6.52. The summed E-state index contributed by atoms with van der Waals surface area (Å²) >= 11 is 0. The number of phenolic OH excluding ortho intramolecular Hbond substituents is 3. The lowest BCUT2D eigenvalue weighted by Crippen LogP contribution is -2.03. The molecule has 0 saturated heterocycles.